The molecule has 0 saturated carbocycles. The van der Waals surface area contributed by atoms with Crippen LogP contribution in [0.3, 0.4) is 0 Å². The predicted octanol–water partition coefficient (Wildman–Crippen LogP) is 4.49. The standard InChI is InChI=1S/C28H31F3N6O7S/c1-4-26(38)43-19(3)44-34-37(40)35-15-13-21(14-16-35)27(39)33-45(41,42)23-11-9-22(10-12-23)36-24(17-25(32-36)28(29,30)31)20-7-5-18(2)6-8-20/h5-12,17,19,21H,4,13-16H2,1-3H3,(H,33,39). The number of nitrogens with zero attached hydrogens (tertiary/aromatic N) is 5. The number of sulfonamides is 1. The van der Waals surface area contributed by atoms with E-state index in [0.717, 1.165) is 28.4 Å². The molecule has 2 aromatic carbocycles. The summed E-state index contributed by atoms with van der Waals surface area (Å²) < 4.78 is 74.4. The summed E-state index contributed by atoms with van der Waals surface area (Å²) in [5.41, 5.74) is 0.614. The van der Waals surface area contributed by atoms with Gasteiger partial charge >= 0.3 is 12.1 Å². The van der Waals surface area contributed by atoms with Crippen molar-refractivity contribution in [2.45, 2.75) is 57.4 Å². The molecule has 2 heterocycles. The summed E-state index contributed by atoms with van der Waals surface area (Å²) in [7, 11) is -4.33. The van der Waals surface area contributed by atoms with Gasteiger partial charge in [-0.1, -0.05) is 36.8 Å². The second-order valence-corrected chi connectivity index (χ2v) is 11.9. The zero-order valence-corrected chi connectivity index (χ0v) is 25.3. The lowest BCUT2D eigenvalue weighted by atomic mass is 9.97. The van der Waals surface area contributed by atoms with Crippen molar-refractivity contribution in [1.29, 1.82) is 0 Å². The Labute approximate surface area is 256 Å². The van der Waals surface area contributed by atoms with E-state index in [1.165, 1.54) is 24.1 Å². The lowest BCUT2D eigenvalue weighted by molar-refractivity contribution is -0.715. The quantitative estimate of drug-likeness (QED) is 0.110. The Morgan fingerprint density at radius 3 is 2.33 bits per heavy atom. The Hall–Kier alpha value is -4.67. The molecule has 0 radical (unpaired) electrons. The van der Waals surface area contributed by atoms with Gasteiger partial charge in [-0.15, -0.1) is 5.01 Å². The smallest absolute Gasteiger partial charge is 0.435 e. The fourth-order valence-corrected chi connectivity index (χ4v) is 5.48. The number of hydrazine groups is 1. The number of carbonyl (C=O) groups excluding carboxylic acids is 2. The number of aryl methyl sites for hydroxylation is 1. The second-order valence-electron chi connectivity index (χ2n) is 10.2. The Bertz CT molecular complexity index is 1650. The van der Waals surface area contributed by atoms with Gasteiger partial charge in [-0.2, -0.15) is 18.3 Å². The van der Waals surface area contributed by atoms with Gasteiger partial charge in [0.2, 0.25) is 11.2 Å². The monoisotopic (exact) mass is 652 g/mol. The van der Waals surface area contributed by atoms with Crippen molar-refractivity contribution in [3.05, 3.63) is 71.1 Å². The number of hydrogen-bond acceptors (Lipinski definition) is 9. The summed E-state index contributed by atoms with van der Waals surface area (Å²) in [5, 5.41) is 20.5. The molecule has 0 bridgehead atoms. The molecule has 13 nitrogen and oxygen atoms in total. The number of amides is 1. The summed E-state index contributed by atoms with van der Waals surface area (Å²) in [6.45, 7) is 4.96. The molecule has 17 heteroatoms. The molecule has 1 aromatic heterocycles. The van der Waals surface area contributed by atoms with Crippen LogP contribution in [0.2, 0.25) is 0 Å². The van der Waals surface area contributed by atoms with E-state index in [4.69, 9.17) is 9.57 Å². The Balaban J connectivity index is 1.41. The molecule has 1 amide bonds. The summed E-state index contributed by atoms with van der Waals surface area (Å²) in [5.74, 6) is -2.03. The first-order chi connectivity index (χ1) is 21.2. The number of esters is 1. The van der Waals surface area contributed by atoms with Crippen LogP contribution in [0.15, 0.2) is 64.8 Å². The van der Waals surface area contributed by atoms with Gasteiger partial charge in [-0.25, -0.2) is 17.8 Å². The number of alkyl halides is 3. The van der Waals surface area contributed by atoms with Crippen LogP contribution in [0.25, 0.3) is 16.9 Å². The summed E-state index contributed by atoms with van der Waals surface area (Å²) >= 11 is 0. The topological polar surface area (TPSA) is 158 Å². The molecule has 1 saturated heterocycles. The van der Waals surface area contributed by atoms with Gasteiger partial charge in [0, 0.05) is 24.8 Å². The Kier molecular flexibility index (Phi) is 10.00. The third-order valence-corrected chi connectivity index (χ3v) is 8.27. The lowest BCUT2D eigenvalue weighted by Gasteiger charge is -2.27. The number of aromatic nitrogens is 2. The SMILES string of the molecule is CCC(=O)OC(C)ON=[N+]([O-])N1CCC(C(=O)NS(=O)(=O)c2ccc(-n3nc(C(F)(F)F)cc3-c3ccc(C)cc3)cc2)CC1. The zero-order chi connectivity index (χ0) is 32.9. The highest BCUT2D eigenvalue weighted by atomic mass is 32.2. The molecule has 0 aliphatic carbocycles. The van der Waals surface area contributed by atoms with Crippen LogP contribution < -0.4 is 4.72 Å². The number of piperidine rings is 1. The van der Waals surface area contributed by atoms with Crippen LogP contribution in [0, 0.1) is 18.0 Å². The van der Waals surface area contributed by atoms with Crippen molar-refractivity contribution in [1.82, 2.24) is 19.5 Å². The first kappa shape index (κ1) is 33.2. The van der Waals surface area contributed by atoms with E-state index in [-0.39, 0.29) is 53.6 Å². The van der Waals surface area contributed by atoms with Crippen molar-refractivity contribution in [3.8, 4) is 16.9 Å². The van der Waals surface area contributed by atoms with Crippen molar-refractivity contribution < 1.29 is 45.7 Å². The highest BCUT2D eigenvalue weighted by Crippen LogP contribution is 2.33. The summed E-state index contributed by atoms with van der Waals surface area (Å²) in [4.78, 5) is 28.8. The fraction of sp³-hybridized carbons (Fsp3) is 0.393. The second kappa shape index (κ2) is 13.5. The van der Waals surface area contributed by atoms with E-state index in [2.05, 4.69) is 10.4 Å². The highest BCUT2D eigenvalue weighted by Gasteiger charge is 2.35. The van der Waals surface area contributed by atoms with Crippen LogP contribution in [0.1, 0.15) is 44.4 Å². The first-order valence-electron chi connectivity index (χ1n) is 13.9. The van der Waals surface area contributed by atoms with Crippen molar-refractivity contribution in [2.24, 2.45) is 11.2 Å². The molecule has 1 aliphatic rings. The van der Waals surface area contributed by atoms with Crippen LogP contribution in [-0.4, -0.2) is 59.4 Å². The van der Waals surface area contributed by atoms with E-state index in [9.17, 15) is 36.4 Å². The van der Waals surface area contributed by atoms with E-state index in [1.54, 1.807) is 31.2 Å². The minimum Gasteiger partial charge on any atom is -0.569 e. The molecule has 242 valence electrons. The van der Waals surface area contributed by atoms with Gasteiger partial charge in [0.1, 0.15) is 0 Å². The molecule has 4 rings (SSSR count). The molecule has 45 heavy (non-hydrogen) atoms. The molecule has 1 aliphatic heterocycles. The van der Waals surface area contributed by atoms with Crippen molar-refractivity contribution >= 4 is 21.9 Å². The van der Waals surface area contributed by atoms with Crippen LogP contribution in [-0.2, 0) is 35.4 Å². The molecule has 1 N–H and O–H groups in total. The van der Waals surface area contributed by atoms with E-state index < -0.39 is 46.0 Å². The number of nitrogens with one attached hydrogen (secondary N) is 1. The van der Waals surface area contributed by atoms with Crippen LogP contribution >= 0.6 is 0 Å². The average Bonchev–Trinajstić information content (AvgIpc) is 3.46. The van der Waals surface area contributed by atoms with Gasteiger partial charge in [0.15, 0.2) is 5.69 Å². The lowest BCUT2D eigenvalue weighted by Crippen LogP contribution is -2.44. The maximum Gasteiger partial charge on any atom is 0.435 e. The number of benzene rings is 2. The van der Waals surface area contributed by atoms with Crippen LogP contribution in [0.4, 0.5) is 13.2 Å². The third kappa shape index (κ3) is 8.29. The van der Waals surface area contributed by atoms with E-state index in [0.29, 0.717) is 5.56 Å². The highest BCUT2D eigenvalue weighted by molar-refractivity contribution is 7.90. The fourth-order valence-electron chi connectivity index (χ4n) is 4.44. The number of hydrogen-bond donors (Lipinski definition) is 1. The third-order valence-electron chi connectivity index (χ3n) is 6.91. The first-order valence-corrected chi connectivity index (χ1v) is 15.4. The molecular formula is C28H31F3N6O7S. The molecule has 1 atom stereocenters. The largest absolute Gasteiger partial charge is 0.569 e. The molecule has 0 spiro atoms. The predicted molar refractivity (Wildman–Crippen MR) is 151 cm³/mol. The average molecular weight is 653 g/mol. The molecular weight excluding hydrogens is 621 g/mol. The van der Waals surface area contributed by atoms with Gasteiger partial charge in [-0.3, -0.25) is 14.4 Å². The minimum atomic E-state index is -4.70. The number of halogens is 3. The van der Waals surface area contributed by atoms with Gasteiger partial charge in [0.05, 0.1) is 34.3 Å². The number of carbonyl (C=O) groups is 2. The van der Waals surface area contributed by atoms with Gasteiger partial charge in [0.25, 0.3) is 16.3 Å². The van der Waals surface area contributed by atoms with E-state index >= 15 is 0 Å². The summed E-state index contributed by atoms with van der Waals surface area (Å²) in [6.07, 6.45) is -5.39. The van der Waals surface area contributed by atoms with E-state index in [1.807, 2.05) is 11.6 Å². The molecule has 1 unspecified atom stereocenters. The number of rotatable bonds is 10. The molecule has 1 fully saturated rings. The maximum atomic E-state index is 13.5. The molecule has 3 aromatic rings. The normalized spacial score (nSPS) is 15.4. The van der Waals surface area contributed by atoms with Gasteiger partial charge in [-0.05, 0) is 50.1 Å². The van der Waals surface area contributed by atoms with Crippen molar-refractivity contribution in [2.75, 3.05) is 13.1 Å². The minimum absolute atomic E-state index is 0.0689. The number of ether oxygens (including phenoxy) is 1. The Morgan fingerprint density at radius 2 is 1.76 bits per heavy atom. The maximum absolute atomic E-state index is 13.5. The summed E-state index contributed by atoms with van der Waals surface area (Å²) in [6, 6.07) is 12.6. The Morgan fingerprint density at radius 1 is 1.13 bits per heavy atom. The van der Waals surface area contributed by atoms with Gasteiger partial charge < -0.3 is 9.94 Å². The van der Waals surface area contributed by atoms with Crippen molar-refractivity contribution in [3.63, 3.8) is 0 Å². The zero-order valence-electron chi connectivity index (χ0n) is 24.5. The van der Waals surface area contributed by atoms with Crippen LogP contribution in [0.5, 0.6) is 0 Å².